The van der Waals surface area contributed by atoms with Gasteiger partial charge in [0, 0.05) is 24.7 Å². The van der Waals surface area contributed by atoms with Crippen LogP contribution in [0.3, 0.4) is 0 Å². The summed E-state index contributed by atoms with van der Waals surface area (Å²) in [5.41, 5.74) is 0.201. The summed E-state index contributed by atoms with van der Waals surface area (Å²) >= 11 is 0. The van der Waals surface area contributed by atoms with Gasteiger partial charge in [-0.05, 0) is 51.5 Å². The molecule has 21 heavy (non-hydrogen) atoms. The van der Waals surface area contributed by atoms with Gasteiger partial charge >= 0.3 is 0 Å². The molecule has 0 bridgehead atoms. The average molecular weight is 296 g/mol. The molecule has 1 aliphatic carbocycles. The first-order chi connectivity index (χ1) is 10.1. The summed E-state index contributed by atoms with van der Waals surface area (Å²) in [5.74, 6) is 1.77. The van der Waals surface area contributed by atoms with E-state index in [1.165, 1.54) is 38.6 Å². The zero-order valence-electron chi connectivity index (χ0n) is 14.7. The molecule has 3 unspecified atom stereocenters. The molecule has 0 radical (unpaired) electrons. The van der Waals surface area contributed by atoms with Crippen molar-refractivity contribution < 1.29 is 4.74 Å². The van der Waals surface area contributed by atoms with E-state index in [0.29, 0.717) is 0 Å². The van der Waals surface area contributed by atoms with Crippen molar-refractivity contribution in [2.24, 2.45) is 11.8 Å². The van der Waals surface area contributed by atoms with Gasteiger partial charge in [-0.2, -0.15) is 0 Å². The normalized spacial score (nSPS) is 34.0. The molecule has 2 fully saturated rings. The molecular weight excluding hydrogens is 260 g/mol. The summed E-state index contributed by atoms with van der Waals surface area (Å²) in [6.45, 7) is 14.5. The monoisotopic (exact) mass is 296 g/mol. The highest BCUT2D eigenvalue weighted by atomic mass is 16.5. The van der Waals surface area contributed by atoms with Crippen molar-refractivity contribution in [1.29, 1.82) is 0 Å². The van der Waals surface area contributed by atoms with Gasteiger partial charge in [-0.1, -0.05) is 26.7 Å². The fourth-order valence-electron chi connectivity index (χ4n) is 4.28. The van der Waals surface area contributed by atoms with Gasteiger partial charge in [0.2, 0.25) is 0 Å². The first-order valence-corrected chi connectivity index (χ1v) is 9.13. The summed E-state index contributed by atoms with van der Waals surface area (Å²) in [6.07, 6.45) is 6.97. The van der Waals surface area contributed by atoms with Gasteiger partial charge in [-0.3, -0.25) is 4.90 Å². The Kier molecular flexibility index (Phi) is 6.51. The van der Waals surface area contributed by atoms with Gasteiger partial charge in [0.15, 0.2) is 0 Å². The highest BCUT2D eigenvalue weighted by molar-refractivity contribution is 4.91. The predicted molar refractivity (Wildman–Crippen MR) is 89.7 cm³/mol. The molecule has 2 rings (SSSR count). The second kappa shape index (κ2) is 7.94. The van der Waals surface area contributed by atoms with Crippen LogP contribution in [0.25, 0.3) is 0 Å². The quantitative estimate of drug-likeness (QED) is 0.814. The molecule has 1 saturated carbocycles. The van der Waals surface area contributed by atoms with Crippen LogP contribution in [0.2, 0.25) is 0 Å². The lowest BCUT2D eigenvalue weighted by Gasteiger charge is -2.46. The van der Waals surface area contributed by atoms with Crippen LogP contribution in [0.5, 0.6) is 0 Å². The molecule has 124 valence electrons. The third-order valence-corrected chi connectivity index (χ3v) is 5.53. The lowest BCUT2D eigenvalue weighted by molar-refractivity contribution is -0.0626. The van der Waals surface area contributed by atoms with Crippen molar-refractivity contribution >= 4 is 0 Å². The number of nitrogens with one attached hydrogen (secondary N) is 1. The highest BCUT2D eigenvalue weighted by Gasteiger charge is 2.36. The number of hydrogen-bond donors (Lipinski definition) is 1. The largest absolute Gasteiger partial charge is 0.378 e. The van der Waals surface area contributed by atoms with Gasteiger partial charge < -0.3 is 10.1 Å². The molecule has 0 aromatic carbocycles. The van der Waals surface area contributed by atoms with Crippen molar-refractivity contribution in [3.63, 3.8) is 0 Å². The van der Waals surface area contributed by atoms with E-state index in [0.717, 1.165) is 44.2 Å². The van der Waals surface area contributed by atoms with E-state index >= 15 is 0 Å². The molecule has 0 aromatic rings. The maximum absolute atomic E-state index is 5.68. The van der Waals surface area contributed by atoms with Crippen LogP contribution in [-0.2, 0) is 4.74 Å². The van der Waals surface area contributed by atoms with Crippen LogP contribution in [0.15, 0.2) is 0 Å². The lowest BCUT2D eigenvalue weighted by atomic mass is 9.75. The van der Waals surface area contributed by atoms with Crippen molar-refractivity contribution in [2.45, 2.75) is 71.4 Å². The molecular formula is C18H36N2O. The van der Waals surface area contributed by atoms with Crippen LogP contribution >= 0.6 is 0 Å². The Labute approximate surface area is 131 Å². The average Bonchev–Trinajstić information content (AvgIpc) is 2.44. The molecule has 3 atom stereocenters. The third-order valence-electron chi connectivity index (χ3n) is 5.53. The fourth-order valence-corrected chi connectivity index (χ4v) is 4.28. The number of morpholine rings is 1. The number of ether oxygens (including phenoxy) is 1. The fraction of sp³-hybridized carbons (Fsp3) is 1.00. The van der Waals surface area contributed by atoms with Gasteiger partial charge in [0.1, 0.15) is 0 Å². The van der Waals surface area contributed by atoms with E-state index in [4.69, 9.17) is 4.74 Å². The van der Waals surface area contributed by atoms with E-state index in [1.807, 2.05) is 0 Å². The number of nitrogens with zero attached hydrogens (tertiary/aromatic N) is 1. The van der Waals surface area contributed by atoms with Gasteiger partial charge in [-0.25, -0.2) is 0 Å². The smallest absolute Gasteiger partial charge is 0.0645 e. The van der Waals surface area contributed by atoms with E-state index in [2.05, 4.69) is 37.9 Å². The third kappa shape index (κ3) is 4.67. The minimum atomic E-state index is 0.201. The molecule has 1 heterocycles. The summed E-state index contributed by atoms with van der Waals surface area (Å²) in [5, 5.41) is 3.76. The van der Waals surface area contributed by atoms with Crippen LogP contribution in [-0.4, -0.2) is 49.3 Å². The summed E-state index contributed by atoms with van der Waals surface area (Å²) in [6, 6.07) is 0.724. The zero-order chi connectivity index (χ0) is 15.3. The molecule has 1 saturated heterocycles. The minimum absolute atomic E-state index is 0.201. The molecule has 0 aromatic heterocycles. The van der Waals surface area contributed by atoms with E-state index in [-0.39, 0.29) is 5.54 Å². The minimum Gasteiger partial charge on any atom is -0.378 e. The number of rotatable bonds is 6. The molecule has 3 heteroatoms. The zero-order valence-corrected chi connectivity index (χ0v) is 14.7. The topological polar surface area (TPSA) is 24.5 Å². The van der Waals surface area contributed by atoms with Crippen molar-refractivity contribution in [3.8, 4) is 0 Å². The van der Waals surface area contributed by atoms with Crippen LogP contribution < -0.4 is 5.32 Å². The standard InChI is InChI=1S/C18H36N2O/c1-5-7-15-8-9-17(19-6-2)16(12-15)13-20-10-11-21-14-18(20,3)4/h15-17,19H,5-14H2,1-4H3. The Morgan fingerprint density at radius 3 is 2.71 bits per heavy atom. The molecule has 2 aliphatic rings. The Hall–Kier alpha value is -0.120. The lowest BCUT2D eigenvalue weighted by Crippen LogP contribution is -2.56. The van der Waals surface area contributed by atoms with Crippen molar-refractivity contribution in [2.75, 3.05) is 32.8 Å². The Bertz CT molecular complexity index is 306. The molecule has 3 nitrogen and oxygen atoms in total. The summed E-state index contributed by atoms with van der Waals surface area (Å²) in [4.78, 5) is 2.68. The molecule has 1 N–H and O–H groups in total. The van der Waals surface area contributed by atoms with E-state index in [9.17, 15) is 0 Å². The molecule has 1 aliphatic heterocycles. The first-order valence-electron chi connectivity index (χ1n) is 9.13. The van der Waals surface area contributed by atoms with Gasteiger partial charge in [0.05, 0.1) is 13.2 Å². The summed E-state index contributed by atoms with van der Waals surface area (Å²) in [7, 11) is 0. The van der Waals surface area contributed by atoms with E-state index in [1.54, 1.807) is 0 Å². The second-order valence-electron chi connectivity index (χ2n) is 7.70. The summed E-state index contributed by atoms with van der Waals surface area (Å²) < 4.78 is 5.68. The molecule has 0 amide bonds. The highest BCUT2D eigenvalue weighted by Crippen LogP contribution is 2.34. The van der Waals surface area contributed by atoms with E-state index < -0.39 is 0 Å². The van der Waals surface area contributed by atoms with Crippen LogP contribution in [0.1, 0.15) is 59.8 Å². The SMILES string of the molecule is CCCC1CCC(NCC)C(CN2CCOCC2(C)C)C1. The molecule has 0 spiro atoms. The van der Waals surface area contributed by atoms with Gasteiger partial charge in [-0.15, -0.1) is 0 Å². The first kappa shape index (κ1) is 17.2. The van der Waals surface area contributed by atoms with Gasteiger partial charge in [0.25, 0.3) is 0 Å². The maximum Gasteiger partial charge on any atom is 0.0645 e. The van der Waals surface area contributed by atoms with Crippen LogP contribution in [0.4, 0.5) is 0 Å². The maximum atomic E-state index is 5.68. The Balaban J connectivity index is 1.97. The predicted octanol–water partition coefficient (Wildman–Crippen LogP) is 3.29. The van der Waals surface area contributed by atoms with Crippen LogP contribution in [0, 0.1) is 11.8 Å². The number of hydrogen-bond acceptors (Lipinski definition) is 3. The second-order valence-corrected chi connectivity index (χ2v) is 7.70. The Morgan fingerprint density at radius 1 is 1.24 bits per heavy atom. The van der Waals surface area contributed by atoms with Crippen molar-refractivity contribution in [1.82, 2.24) is 10.2 Å². The Morgan fingerprint density at radius 2 is 2.05 bits per heavy atom. The van der Waals surface area contributed by atoms with Crippen molar-refractivity contribution in [3.05, 3.63) is 0 Å².